The van der Waals surface area contributed by atoms with Crippen LogP contribution in [-0.2, 0) is 17.5 Å². The van der Waals surface area contributed by atoms with Gasteiger partial charge < -0.3 is 4.55 Å². The average molecular weight is 296 g/mol. The van der Waals surface area contributed by atoms with Crippen molar-refractivity contribution in [3.63, 3.8) is 0 Å². The second kappa shape index (κ2) is 6.85. The molecule has 0 amide bonds. The number of rotatable bonds is 5. The fourth-order valence-corrected chi connectivity index (χ4v) is 2.05. The summed E-state index contributed by atoms with van der Waals surface area (Å²) in [4.78, 5) is 3.00. The lowest BCUT2D eigenvalue weighted by Crippen LogP contribution is -2.11. The fourth-order valence-electron chi connectivity index (χ4n) is 1.17. The van der Waals surface area contributed by atoms with Crippen LogP contribution in [-0.4, -0.2) is 21.5 Å². The summed E-state index contributed by atoms with van der Waals surface area (Å²) in [6.45, 7) is 1.93. The van der Waals surface area contributed by atoms with E-state index in [1.54, 1.807) is 0 Å². The summed E-state index contributed by atoms with van der Waals surface area (Å²) in [5.41, 5.74) is -1.54. The lowest BCUT2D eigenvalue weighted by atomic mass is 10.2. The van der Waals surface area contributed by atoms with E-state index in [9.17, 15) is 22.1 Å². The van der Waals surface area contributed by atoms with Crippen molar-refractivity contribution in [2.24, 2.45) is 4.40 Å². The molecule has 0 aliphatic heterocycles. The Kier molecular flexibility index (Phi) is 5.74. The highest BCUT2D eigenvalue weighted by molar-refractivity contribution is 7.90. The zero-order valence-corrected chi connectivity index (χ0v) is 10.9. The molecule has 0 aliphatic carbocycles. The first kappa shape index (κ1) is 15.9. The summed E-state index contributed by atoms with van der Waals surface area (Å²) in [5.74, 6) is -1.11. The Hall–Kier alpha value is -1.15. The molecular formula is C11H12F4N2OS. The second-order valence-corrected chi connectivity index (χ2v) is 4.97. The molecule has 19 heavy (non-hydrogen) atoms. The Labute approximate surface area is 111 Å². The van der Waals surface area contributed by atoms with E-state index in [-0.39, 0.29) is 5.56 Å². The zero-order valence-electron chi connectivity index (χ0n) is 10.1. The van der Waals surface area contributed by atoms with Crippen molar-refractivity contribution < 1.29 is 22.1 Å². The molecule has 1 heterocycles. The maximum Gasteiger partial charge on any atom is 0.436 e. The van der Waals surface area contributed by atoms with E-state index >= 15 is 0 Å². The molecule has 0 fully saturated rings. The van der Waals surface area contributed by atoms with Gasteiger partial charge in [-0.3, -0.25) is 0 Å². The third kappa shape index (κ3) is 5.15. The van der Waals surface area contributed by atoms with Crippen molar-refractivity contribution in [2.75, 3.05) is 5.75 Å². The molecule has 0 aliphatic rings. The van der Waals surface area contributed by atoms with Crippen molar-refractivity contribution >= 4 is 17.6 Å². The molecule has 1 aromatic heterocycles. The number of pyridine rings is 1. The van der Waals surface area contributed by atoms with Gasteiger partial charge in [-0.25, -0.2) is 9.37 Å². The number of unbranched alkanes of at least 4 members (excludes halogenated alkanes) is 1. The van der Waals surface area contributed by atoms with Crippen LogP contribution in [0, 0.1) is 5.82 Å². The quantitative estimate of drug-likeness (QED) is 0.476. The SMILES string of the molecule is CCCC[S+]([O-])N=Cc1cnc(C(F)(F)F)c(F)c1. The predicted molar refractivity (Wildman–Crippen MR) is 64.7 cm³/mol. The molecule has 0 spiro atoms. The average Bonchev–Trinajstić information content (AvgIpc) is 2.32. The van der Waals surface area contributed by atoms with Crippen molar-refractivity contribution in [1.29, 1.82) is 0 Å². The summed E-state index contributed by atoms with van der Waals surface area (Å²) < 4.78 is 64.8. The molecule has 0 aromatic carbocycles. The van der Waals surface area contributed by atoms with Crippen LogP contribution in [0.3, 0.4) is 0 Å². The standard InChI is InChI=1S/C11H12F4N2OS/c1-2-3-4-19(18)17-7-8-5-9(12)10(16-6-8)11(13,14)15/h5-7H,2-4H2,1H3. The Balaban J connectivity index is 2.76. The smallest absolute Gasteiger partial charge is 0.436 e. The number of nitrogens with zero attached hydrogens (tertiary/aromatic N) is 2. The van der Waals surface area contributed by atoms with Crippen molar-refractivity contribution in [3.05, 3.63) is 29.3 Å². The van der Waals surface area contributed by atoms with Gasteiger partial charge in [0.2, 0.25) is 0 Å². The van der Waals surface area contributed by atoms with Gasteiger partial charge in [0.05, 0.1) is 17.6 Å². The maximum atomic E-state index is 13.2. The number of aromatic nitrogens is 1. The number of halogens is 4. The third-order valence-corrected chi connectivity index (χ3v) is 3.10. The normalized spacial score (nSPS) is 14.0. The van der Waals surface area contributed by atoms with Crippen LogP contribution in [0.25, 0.3) is 0 Å². The van der Waals surface area contributed by atoms with Crippen LogP contribution in [0.5, 0.6) is 0 Å². The first-order valence-electron chi connectivity index (χ1n) is 5.50. The van der Waals surface area contributed by atoms with E-state index in [1.165, 1.54) is 0 Å². The van der Waals surface area contributed by atoms with Crippen LogP contribution in [0.4, 0.5) is 17.6 Å². The summed E-state index contributed by atoms with van der Waals surface area (Å²) in [5, 5.41) is 0. The fraction of sp³-hybridized carbons (Fsp3) is 0.455. The van der Waals surface area contributed by atoms with Gasteiger partial charge in [0.1, 0.15) is 5.75 Å². The molecule has 0 saturated carbocycles. The highest BCUT2D eigenvalue weighted by atomic mass is 32.2. The minimum atomic E-state index is -4.83. The van der Waals surface area contributed by atoms with Gasteiger partial charge >= 0.3 is 6.18 Å². The van der Waals surface area contributed by atoms with Crippen LogP contribution < -0.4 is 0 Å². The molecule has 3 nitrogen and oxygen atoms in total. The number of alkyl halides is 3. The van der Waals surface area contributed by atoms with Crippen LogP contribution in [0.2, 0.25) is 0 Å². The largest absolute Gasteiger partial charge is 0.591 e. The van der Waals surface area contributed by atoms with E-state index in [0.29, 0.717) is 11.8 Å². The molecule has 0 bridgehead atoms. The molecule has 1 rings (SSSR count). The molecule has 0 saturated heterocycles. The van der Waals surface area contributed by atoms with Gasteiger partial charge in [-0.1, -0.05) is 17.7 Å². The van der Waals surface area contributed by atoms with Crippen molar-refractivity contribution in [3.8, 4) is 0 Å². The molecule has 8 heteroatoms. The van der Waals surface area contributed by atoms with Crippen LogP contribution in [0.1, 0.15) is 31.0 Å². The topological polar surface area (TPSA) is 48.3 Å². The first-order valence-corrected chi connectivity index (χ1v) is 6.77. The summed E-state index contributed by atoms with van der Waals surface area (Å²) in [7, 11) is 0. The van der Waals surface area contributed by atoms with Gasteiger partial charge in [0, 0.05) is 11.8 Å². The Morgan fingerprint density at radius 2 is 2.16 bits per heavy atom. The van der Waals surface area contributed by atoms with Crippen molar-refractivity contribution in [1.82, 2.24) is 4.98 Å². The van der Waals surface area contributed by atoms with E-state index < -0.39 is 29.0 Å². The molecule has 1 aromatic rings. The van der Waals surface area contributed by atoms with E-state index in [1.807, 2.05) is 6.92 Å². The van der Waals surface area contributed by atoms with Gasteiger partial charge in [-0.15, -0.1) is 0 Å². The van der Waals surface area contributed by atoms with Gasteiger partial charge in [0.25, 0.3) is 0 Å². The van der Waals surface area contributed by atoms with E-state index in [0.717, 1.165) is 25.3 Å². The highest BCUT2D eigenvalue weighted by Crippen LogP contribution is 2.29. The lowest BCUT2D eigenvalue weighted by molar-refractivity contribution is -0.143. The number of hydrogen-bond donors (Lipinski definition) is 0. The third-order valence-electron chi connectivity index (χ3n) is 2.12. The minimum absolute atomic E-state index is 0.0374. The molecule has 1 unspecified atom stereocenters. The summed E-state index contributed by atoms with van der Waals surface area (Å²) >= 11 is -1.45. The lowest BCUT2D eigenvalue weighted by Gasteiger charge is -2.06. The van der Waals surface area contributed by atoms with Gasteiger partial charge in [0.15, 0.2) is 11.5 Å². The Morgan fingerprint density at radius 3 is 2.68 bits per heavy atom. The molecule has 1 atom stereocenters. The van der Waals surface area contributed by atoms with Crippen LogP contribution in [0.15, 0.2) is 16.7 Å². The predicted octanol–water partition coefficient (Wildman–Crippen LogP) is 3.12. The Bertz CT molecular complexity index is 451. The van der Waals surface area contributed by atoms with Crippen LogP contribution >= 0.6 is 0 Å². The summed E-state index contributed by atoms with van der Waals surface area (Å²) in [6.07, 6.45) is -1.35. The van der Waals surface area contributed by atoms with Gasteiger partial charge in [-0.05, 0) is 12.5 Å². The second-order valence-electron chi connectivity index (χ2n) is 3.71. The summed E-state index contributed by atoms with van der Waals surface area (Å²) in [6, 6.07) is 0.663. The van der Waals surface area contributed by atoms with E-state index in [2.05, 4.69) is 9.38 Å². The maximum absolute atomic E-state index is 13.2. The number of hydrogen-bond acceptors (Lipinski definition) is 3. The first-order chi connectivity index (χ1) is 8.84. The zero-order chi connectivity index (χ0) is 14.5. The molecule has 0 N–H and O–H groups in total. The highest BCUT2D eigenvalue weighted by Gasteiger charge is 2.35. The Morgan fingerprint density at radius 1 is 1.47 bits per heavy atom. The molecule has 106 valence electrons. The monoisotopic (exact) mass is 296 g/mol. The molecular weight excluding hydrogens is 284 g/mol. The van der Waals surface area contributed by atoms with Crippen molar-refractivity contribution in [2.45, 2.75) is 25.9 Å². The minimum Gasteiger partial charge on any atom is -0.591 e. The molecule has 0 radical (unpaired) electrons. The van der Waals surface area contributed by atoms with E-state index in [4.69, 9.17) is 0 Å². The van der Waals surface area contributed by atoms with Gasteiger partial charge in [-0.2, -0.15) is 13.2 Å².